The summed E-state index contributed by atoms with van der Waals surface area (Å²) in [5.74, 6) is -1.72. The van der Waals surface area contributed by atoms with Crippen LogP contribution in [-0.2, 0) is 9.59 Å². The Labute approximate surface area is 59.5 Å². The van der Waals surface area contributed by atoms with Gasteiger partial charge in [0.25, 0.3) is 0 Å². The molecule has 0 unspecified atom stereocenters. The molecule has 0 saturated heterocycles. The topological polar surface area (TPSA) is 106 Å². The molecule has 0 fully saturated rings. The van der Waals surface area contributed by atoms with Crippen molar-refractivity contribution in [2.24, 2.45) is 11.5 Å². The Bertz CT molecular complexity index is 162. The van der Waals surface area contributed by atoms with Gasteiger partial charge >= 0.3 is 5.97 Å². The van der Waals surface area contributed by atoms with Crippen LogP contribution in [0, 0.1) is 0 Å². The highest BCUT2D eigenvalue weighted by Gasteiger charge is 2.11. The van der Waals surface area contributed by atoms with Gasteiger partial charge < -0.3 is 16.6 Å². The molecule has 1 amide bonds. The Kier molecular flexibility index (Phi) is 2.69. The van der Waals surface area contributed by atoms with Gasteiger partial charge in [-0.3, -0.25) is 9.59 Å². The molecule has 0 rings (SSSR count). The number of hydrogen-bond donors (Lipinski definition) is 3. The van der Waals surface area contributed by atoms with Gasteiger partial charge in [0.05, 0.1) is 0 Å². The molecule has 0 aliphatic heterocycles. The Morgan fingerprint density at radius 2 is 2.30 bits per heavy atom. The van der Waals surface area contributed by atoms with Crippen LogP contribution in [0.4, 0.5) is 0 Å². The predicted molar refractivity (Wildman–Crippen MR) is 34.0 cm³/mol. The van der Waals surface area contributed by atoms with E-state index in [-0.39, 0.29) is 12.8 Å². The van der Waals surface area contributed by atoms with E-state index in [1.165, 1.54) is 0 Å². The van der Waals surface area contributed by atoms with Crippen molar-refractivity contribution in [3.8, 4) is 0 Å². The van der Waals surface area contributed by atoms with Crippen molar-refractivity contribution in [1.82, 2.24) is 0 Å². The first-order valence-corrected chi connectivity index (χ1v) is 2.76. The molecule has 0 aromatic carbocycles. The zero-order valence-corrected chi connectivity index (χ0v) is 5.33. The highest BCUT2D eigenvalue weighted by atomic mass is 16.5. The Morgan fingerprint density at radius 3 is 2.60 bits per heavy atom. The van der Waals surface area contributed by atoms with Crippen LogP contribution in [0.15, 0.2) is 0 Å². The van der Waals surface area contributed by atoms with E-state index < -0.39 is 17.9 Å². The monoisotopic (exact) mass is 154 g/mol. The van der Waals surface area contributed by atoms with Gasteiger partial charge in [-0.15, -0.1) is 0 Å². The zero-order valence-electron chi connectivity index (χ0n) is 6.33. The number of rotatable bonds is 5. The lowest BCUT2D eigenvalue weighted by Crippen LogP contribution is -2.31. The number of carboxylic acid groups (broad SMARTS) is 1. The first-order valence-electron chi connectivity index (χ1n) is 3.26. The molecule has 0 aromatic heterocycles. The van der Waals surface area contributed by atoms with Crippen LogP contribution in [0.3, 0.4) is 0 Å². The van der Waals surface area contributed by atoms with E-state index in [1.54, 1.807) is 5.73 Å². The number of carboxylic acids is 1. The molecule has 58 valence electrons. The van der Waals surface area contributed by atoms with Crippen molar-refractivity contribution in [2.75, 3.05) is 0 Å². The van der Waals surface area contributed by atoms with Crippen molar-refractivity contribution in [1.29, 1.82) is 0 Å². The molecule has 10 heavy (non-hydrogen) atoms. The van der Waals surface area contributed by atoms with Crippen molar-refractivity contribution < 1.29 is 16.1 Å². The molecule has 0 aliphatic carbocycles. The summed E-state index contributed by atoms with van der Waals surface area (Å²) in [7, 11) is 0. The van der Waals surface area contributed by atoms with Gasteiger partial charge in [-0.05, 0) is 6.42 Å². The van der Waals surface area contributed by atoms with Crippen LogP contribution in [0.1, 0.15) is 12.8 Å². The maximum atomic E-state index is 10.2. The van der Waals surface area contributed by atoms with Gasteiger partial charge in [-0.25, -0.2) is 0 Å². The van der Waals surface area contributed by atoms with Gasteiger partial charge in [-0.1, -0.05) is 0 Å². The van der Waals surface area contributed by atoms with Crippen molar-refractivity contribution >= 4 is 11.9 Å². The van der Waals surface area contributed by atoms with Crippen LogP contribution in [0.5, 0.6) is 0 Å². The smallest absolute Gasteiger partial charge is 0.320 e. The lowest BCUT2D eigenvalue weighted by Gasteiger charge is -2.01. The van der Waals surface area contributed by atoms with E-state index in [0.717, 1.165) is 0 Å². The molecule has 0 heterocycles. The molecular formula is C5H10N2O3. The SMILES string of the molecule is [2H][15NH][13C@@H]([13CH2][13CH2][13C]([15NH2])=O)[13C](=O)O. The average molecular weight is 154 g/mol. The van der Waals surface area contributed by atoms with Gasteiger partial charge in [-0.2, -0.15) is 0 Å². The summed E-state index contributed by atoms with van der Waals surface area (Å²) in [6, 6.07) is -1.01. The van der Waals surface area contributed by atoms with Crippen LogP contribution >= 0.6 is 0 Å². The van der Waals surface area contributed by atoms with Crippen LogP contribution in [-0.4, -0.2) is 23.0 Å². The summed E-state index contributed by atoms with van der Waals surface area (Å²) < 4.78 is 6.55. The van der Waals surface area contributed by atoms with E-state index in [4.69, 9.17) is 12.3 Å². The van der Waals surface area contributed by atoms with Crippen LogP contribution < -0.4 is 11.5 Å². The van der Waals surface area contributed by atoms with Gasteiger partial charge in [0, 0.05) is 6.42 Å². The minimum Gasteiger partial charge on any atom is -0.480 e. The van der Waals surface area contributed by atoms with E-state index in [9.17, 15) is 9.59 Å². The third-order valence-electron chi connectivity index (χ3n) is 0.978. The number of hydrogen-bond acceptors (Lipinski definition) is 3. The first kappa shape index (κ1) is 7.01. The van der Waals surface area contributed by atoms with Crippen molar-refractivity contribution in [3.05, 3.63) is 0 Å². The lowest BCUT2D eigenvalue weighted by atomic mass is 11.1. The van der Waals surface area contributed by atoms with Crippen molar-refractivity contribution in [3.63, 3.8) is 0 Å². The number of aliphatic carboxylic acids is 1. The highest BCUT2D eigenvalue weighted by molar-refractivity contribution is 5.76. The Morgan fingerprint density at radius 1 is 1.70 bits per heavy atom. The largest absolute Gasteiger partial charge is 0.480 e. The maximum absolute atomic E-state index is 10.2. The predicted octanol–water partition coefficient (Wildman–Crippen LogP) is -1.34. The average Bonchev–Trinajstić information content (AvgIpc) is 1.87. The first-order chi connectivity index (χ1) is 5.07. The number of nitrogens with two attached hydrogens (primary N) is 2. The van der Waals surface area contributed by atoms with E-state index >= 15 is 0 Å². The summed E-state index contributed by atoms with van der Waals surface area (Å²) in [5.41, 5.74) is 6.57. The van der Waals surface area contributed by atoms with Gasteiger partial charge in [0.15, 0.2) is 0 Å². The van der Waals surface area contributed by atoms with Gasteiger partial charge in [0.1, 0.15) is 7.45 Å². The third kappa shape index (κ3) is 3.85. The second-order valence-corrected chi connectivity index (χ2v) is 1.90. The summed E-state index contributed by atoms with van der Waals surface area (Å²) in [6.45, 7) is 0. The standard InChI is InChI=1S/C5H10N2O3/c6-3(5(9)10)1-2-4(7)8/h3H,1-2,6H2,(H2,7,8)(H,9,10)/t3-/m0/s1/i1+1,2+1,3+1,4+1,5+1,6+1,7+1/hD. The summed E-state index contributed by atoms with van der Waals surface area (Å²) >= 11 is 0. The Balaban J connectivity index is 3.70. The Hall–Kier alpha value is -1.10. The molecule has 0 spiro atoms. The normalized spacial score (nSPS) is 13.8. The molecular weight excluding hydrogens is 143 g/mol. The molecule has 5 heteroatoms. The molecule has 5 N–H and O–H groups in total. The fourth-order valence-electron chi connectivity index (χ4n) is 0.410. The second-order valence-electron chi connectivity index (χ2n) is 1.90. The minimum absolute atomic E-state index is 0.0250. The fourth-order valence-corrected chi connectivity index (χ4v) is 0.410. The summed E-state index contributed by atoms with van der Waals surface area (Å²) in [4.78, 5) is 20.4. The number of carbonyl (C=O) groups is 2. The summed E-state index contributed by atoms with van der Waals surface area (Å²) in [5, 5.41) is 8.35. The third-order valence-corrected chi connectivity index (χ3v) is 0.978. The molecule has 0 aliphatic rings. The molecule has 0 bridgehead atoms. The van der Waals surface area contributed by atoms with E-state index in [0.29, 0.717) is 0 Å². The number of primary amides is 1. The zero-order chi connectivity index (χ0) is 8.85. The molecule has 0 saturated carbocycles. The fraction of sp³-hybridized carbons (Fsp3) is 0.600. The molecule has 0 aromatic rings. The van der Waals surface area contributed by atoms with Gasteiger partial charge in [0.2, 0.25) is 5.91 Å². The molecule has 0 radical (unpaired) electrons. The second kappa shape index (κ2) is 3.84. The van der Waals surface area contributed by atoms with Crippen LogP contribution in [0.2, 0.25) is 1.41 Å². The van der Waals surface area contributed by atoms with E-state index in [1.807, 2.05) is 0 Å². The lowest BCUT2D eigenvalue weighted by molar-refractivity contribution is -0.138. The van der Waals surface area contributed by atoms with Crippen molar-refractivity contribution in [2.45, 2.75) is 18.9 Å². The van der Waals surface area contributed by atoms with E-state index in [2.05, 4.69) is 0 Å². The highest BCUT2D eigenvalue weighted by Crippen LogP contribution is 1.92. The number of amides is 1. The van der Waals surface area contributed by atoms with Crippen LogP contribution in [0.25, 0.3) is 0 Å². The minimum atomic E-state index is -1.15. The molecule has 5 nitrogen and oxygen atoms in total. The molecule has 1 atom stereocenters. The number of carbonyl (C=O) groups excluding carboxylic acids is 1. The maximum Gasteiger partial charge on any atom is 0.320 e. The summed E-state index contributed by atoms with van der Waals surface area (Å²) in [6.07, 6.45) is 0.0248. The quantitative estimate of drug-likeness (QED) is 0.336.